The second kappa shape index (κ2) is 29.2. The molecule has 0 aromatic carbocycles. The fraction of sp³-hybridized carbons (Fsp3) is 0.750. The monoisotopic (exact) mass is 361 g/mol. The molecule has 0 bridgehead atoms. The highest BCUT2D eigenvalue weighted by molar-refractivity contribution is 5.60. The standard InChI is InChI=1S/2C3H8O3.3C2H4O2/c2*4-1-3(6)2-5;3*1-2(3)4/h2*3-6H,1-2H2;3*1H3,(H,3,4)/p-3. The van der Waals surface area contributed by atoms with Gasteiger partial charge >= 0.3 is 0 Å². The smallest absolute Gasteiger partial charge is 0.100 e. The average molecular weight is 361 g/mol. The molecule has 0 aromatic rings. The van der Waals surface area contributed by atoms with E-state index in [0.717, 1.165) is 20.8 Å². The van der Waals surface area contributed by atoms with Gasteiger partial charge in [-0.15, -0.1) is 0 Å². The van der Waals surface area contributed by atoms with Crippen molar-refractivity contribution >= 4 is 17.9 Å². The van der Waals surface area contributed by atoms with Gasteiger partial charge in [-0.25, -0.2) is 0 Å². The van der Waals surface area contributed by atoms with Gasteiger partial charge in [-0.05, 0) is 20.8 Å². The van der Waals surface area contributed by atoms with E-state index < -0.39 is 30.1 Å². The fourth-order valence-electron chi connectivity index (χ4n) is 0.115. The molecule has 148 valence electrons. The van der Waals surface area contributed by atoms with Crippen LogP contribution in [0.1, 0.15) is 20.8 Å². The summed E-state index contributed by atoms with van der Waals surface area (Å²) in [6.45, 7) is 1.46. The Morgan fingerprint density at radius 3 is 0.708 bits per heavy atom. The number of rotatable bonds is 4. The van der Waals surface area contributed by atoms with Crippen molar-refractivity contribution < 1.29 is 60.3 Å². The molecule has 0 saturated heterocycles. The molecule has 0 fully saturated rings. The van der Waals surface area contributed by atoms with Crippen LogP contribution < -0.4 is 15.3 Å². The van der Waals surface area contributed by atoms with Crippen LogP contribution in [0.2, 0.25) is 0 Å². The van der Waals surface area contributed by atoms with Gasteiger partial charge in [-0.3, -0.25) is 0 Å². The van der Waals surface area contributed by atoms with Crippen LogP contribution in [-0.4, -0.2) is 87.2 Å². The first-order valence-electron chi connectivity index (χ1n) is 6.14. The first-order valence-corrected chi connectivity index (χ1v) is 6.14. The lowest BCUT2D eigenvalue weighted by atomic mass is 10.4. The number of aliphatic hydroxyl groups excluding tert-OH is 6. The summed E-state index contributed by atoms with van der Waals surface area (Å²) in [5.74, 6) is -3.25. The van der Waals surface area contributed by atoms with E-state index in [0.29, 0.717) is 0 Å². The molecule has 0 saturated carbocycles. The lowest BCUT2D eigenvalue weighted by Crippen LogP contribution is -2.16. The van der Waals surface area contributed by atoms with Crippen molar-refractivity contribution in [2.45, 2.75) is 33.0 Å². The van der Waals surface area contributed by atoms with E-state index >= 15 is 0 Å². The molecule has 0 aliphatic heterocycles. The molecule has 0 aliphatic carbocycles. The molecule has 0 unspecified atom stereocenters. The van der Waals surface area contributed by atoms with Gasteiger partial charge in [0.25, 0.3) is 0 Å². The number of carboxylic acids is 3. The van der Waals surface area contributed by atoms with Crippen LogP contribution in [0.25, 0.3) is 0 Å². The summed E-state index contributed by atoms with van der Waals surface area (Å²) in [6, 6.07) is 0. The third-order valence-electron chi connectivity index (χ3n) is 0.843. The van der Waals surface area contributed by atoms with E-state index in [1.165, 1.54) is 0 Å². The summed E-state index contributed by atoms with van der Waals surface area (Å²) in [5.41, 5.74) is 0. The Bertz CT molecular complexity index is 223. The number of aliphatic carboxylic acids is 3. The van der Waals surface area contributed by atoms with Gasteiger partial charge < -0.3 is 60.3 Å². The van der Waals surface area contributed by atoms with E-state index in [1.807, 2.05) is 0 Å². The Morgan fingerprint density at radius 2 is 0.708 bits per heavy atom. The topological polar surface area (TPSA) is 242 Å². The van der Waals surface area contributed by atoms with Crippen molar-refractivity contribution in [1.29, 1.82) is 0 Å². The quantitative estimate of drug-likeness (QED) is 0.273. The normalized spacial score (nSPS) is 8.12. The van der Waals surface area contributed by atoms with Crippen molar-refractivity contribution in [3.8, 4) is 0 Å². The summed E-state index contributed by atoms with van der Waals surface area (Å²) >= 11 is 0. The lowest BCUT2D eigenvalue weighted by Gasteiger charge is -1.96. The Labute approximate surface area is 138 Å². The maximum absolute atomic E-state index is 8.89. The number of carbonyl (C=O) groups is 3. The molecule has 12 heteroatoms. The van der Waals surface area contributed by atoms with Crippen LogP contribution in [0.5, 0.6) is 0 Å². The Morgan fingerprint density at radius 1 is 0.625 bits per heavy atom. The minimum absolute atomic E-state index is 0.365. The minimum atomic E-state index is -1.08. The summed E-state index contributed by atoms with van der Waals surface area (Å²) in [6.07, 6.45) is -1.91. The van der Waals surface area contributed by atoms with Gasteiger partial charge in [0.05, 0.1) is 26.4 Å². The zero-order valence-corrected chi connectivity index (χ0v) is 13.6. The highest BCUT2D eigenvalue weighted by atomic mass is 16.4. The average Bonchev–Trinajstić information content (AvgIpc) is 2.44. The molecule has 0 spiro atoms. The largest absolute Gasteiger partial charge is 0.550 e. The van der Waals surface area contributed by atoms with E-state index in [2.05, 4.69) is 0 Å². The van der Waals surface area contributed by atoms with E-state index in [9.17, 15) is 0 Å². The molecule has 0 rings (SSSR count). The van der Waals surface area contributed by atoms with Crippen molar-refractivity contribution in [3.05, 3.63) is 0 Å². The predicted molar refractivity (Wildman–Crippen MR) is 72.4 cm³/mol. The summed E-state index contributed by atoms with van der Waals surface area (Å²) in [4.78, 5) is 26.7. The highest BCUT2D eigenvalue weighted by Crippen LogP contribution is 1.72. The van der Waals surface area contributed by atoms with E-state index in [1.54, 1.807) is 0 Å². The van der Waals surface area contributed by atoms with Gasteiger partial charge in [-0.2, -0.15) is 0 Å². The zero-order valence-electron chi connectivity index (χ0n) is 13.6. The van der Waals surface area contributed by atoms with Crippen molar-refractivity contribution in [1.82, 2.24) is 0 Å². The molecule has 0 aliphatic rings. The van der Waals surface area contributed by atoms with Crippen molar-refractivity contribution in [2.75, 3.05) is 26.4 Å². The van der Waals surface area contributed by atoms with Gasteiger partial charge in [0, 0.05) is 17.9 Å². The third kappa shape index (κ3) is 195. The first-order chi connectivity index (χ1) is 10.8. The highest BCUT2D eigenvalue weighted by Gasteiger charge is 1.94. The molecule has 12 nitrogen and oxygen atoms in total. The second-order valence-electron chi connectivity index (χ2n) is 3.51. The molecule has 24 heavy (non-hydrogen) atoms. The van der Waals surface area contributed by atoms with E-state index in [-0.39, 0.29) is 26.4 Å². The van der Waals surface area contributed by atoms with Gasteiger partial charge in [0.1, 0.15) is 12.2 Å². The zero-order chi connectivity index (χ0) is 20.7. The molecular formula is C12H25O12-3. The minimum Gasteiger partial charge on any atom is -0.550 e. The number of carbonyl (C=O) groups excluding carboxylic acids is 3. The van der Waals surface area contributed by atoms with E-state index in [4.69, 9.17) is 60.3 Å². The number of hydrogen-bond donors (Lipinski definition) is 6. The maximum Gasteiger partial charge on any atom is 0.100 e. The second-order valence-corrected chi connectivity index (χ2v) is 3.51. The predicted octanol–water partition coefficient (Wildman–Crippen LogP) is -7.07. The Balaban J connectivity index is -0.0000000637. The maximum atomic E-state index is 8.89. The number of hydrogen-bond acceptors (Lipinski definition) is 12. The van der Waals surface area contributed by atoms with Crippen molar-refractivity contribution in [2.24, 2.45) is 0 Å². The summed E-state index contributed by atoms with van der Waals surface area (Å²) < 4.78 is 0. The van der Waals surface area contributed by atoms with Crippen LogP contribution in [0.15, 0.2) is 0 Å². The Hall–Kier alpha value is -1.83. The molecule has 0 aromatic heterocycles. The molecular weight excluding hydrogens is 336 g/mol. The molecule has 0 heterocycles. The third-order valence-corrected chi connectivity index (χ3v) is 0.843. The van der Waals surface area contributed by atoms with Crippen LogP contribution in [0.3, 0.4) is 0 Å². The number of carboxylic acid groups (broad SMARTS) is 3. The number of aliphatic hydroxyl groups is 6. The van der Waals surface area contributed by atoms with Gasteiger partial charge in [0.15, 0.2) is 0 Å². The SMILES string of the molecule is CC(=O)[O-].CC(=O)[O-].CC(=O)[O-].OCC(O)CO.OCC(O)CO. The van der Waals surface area contributed by atoms with Gasteiger partial charge in [0.2, 0.25) is 0 Å². The van der Waals surface area contributed by atoms with Crippen molar-refractivity contribution in [3.63, 3.8) is 0 Å². The lowest BCUT2D eigenvalue weighted by molar-refractivity contribution is -0.303. The van der Waals surface area contributed by atoms with Crippen LogP contribution in [0, 0.1) is 0 Å². The van der Waals surface area contributed by atoms with Gasteiger partial charge in [-0.1, -0.05) is 0 Å². The van der Waals surface area contributed by atoms with Crippen LogP contribution in [-0.2, 0) is 14.4 Å². The molecule has 0 amide bonds. The van der Waals surface area contributed by atoms with Crippen LogP contribution in [0.4, 0.5) is 0 Å². The Kier molecular flexibility index (Phi) is 41.0. The molecule has 0 radical (unpaired) electrons. The first kappa shape index (κ1) is 33.7. The summed E-state index contributed by atoms with van der Waals surface area (Å²) in [5, 5.41) is 74.7. The molecule has 0 atom stereocenters. The summed E-state index contributed by atoms with van der Waals surface area (Å²) in [7, 11) is 0. The fourth-order valence-corrected chi connectivity index (χ4v) is 0.115. The molecule has 6 N–H and O–H groups in total. The van der Waals surface area contributed by atoms with Crippen LogP contribution >= 0.6 is 0 Å².